The van der Waals surface area contributed by atoms with Crippen LogP contribution in [0, 0.1) is 0 Å². The predicted octanol–water partition coefficient (Wildman–Crippen LogP) is 2.64. The summed E-state index contributed by atoms with van der Waals surface area (Å²) in [6, 6.07) is 2.83. The molecule has 0 radical (unpaired) electrons. The first-order valence-electron chi connectivity index (χ1n) is 5.21. The Morgan fingerprint density at radius 2 is 2.11 bits per heavy atom. The van der Waals surface area contributed by atoms with Gasteiger partial charge in [-0.15, -0.1) is 0 Å². The van der Waals surface area contributed by atoms with E-state index in [-0.39, 0.29) is 25.2 Å². The highest BCUT2D eigenvalue weighted by atomic mass is 19.4. The van der Waals surface area contributed by atoms with Crippen molar-refractivity contribution in [1.29, 1.82) is 0 Å². The van der Waals surface area contributed by atoms with Crippen molar-refractivity contribution < 1.29 is 27.8 Å². The molecule has 0 unspecified atom stereocenters. The molecule has 1 aromatic rings. The van der Waals surface area contributed by atoms with Crippen molar-refractivity contribution in [2.45, 2.75) is 25.6 Å². The third-order valence-corrected chi connectivity index (χ3v) is 2.07. The van der Waals surface area contributed by atoms with Crippen LogP contribution in [0.2, 0.25) is 0 Å². The average molecular weight is 263 g/mol. The van der Waals surface area contributed by atoms with Gasteiger partial charge < -0.3 is 9.84 Å². The van der Waals surface area contributed by atoms with E-state index in [1.54, 1.807) is 0 Å². The summed E-state index contributed by atoms with van der Waals surface area (Å²) >= 11 is 0. The van der Waals surface area contributed by atoms with Crippen LogP contribution in [0.25, 0.3) is 0 Å². The Hall–Kier alpha value is -1.63. The van der Waals surface area contributed by atoms with Gasteiger partial charge in [0.05, 0.1) is 17.9 Å². The van der Waals surface area contributed by atoms with Gasteiger partial charge in [-0.1, -0.05) is 0 Å². The third-order valence-electron chi connectivity index (χ3n) is 2.07. The van der Waals surface area contributed by atoms with E-state index in [4.69, 9.17) is 9.84 Å². The Morgan fingerprint density at radius 3 is 2.61 bits per heavy atom. The van der Waals surface area contributed by atoms with Gasteiger partial charge in [-0.3, -0.25) is 4.98 Å². The van der Waals surface area contributed by atoms with Gasteiger partial charge >= 0.3 is 12.1 Å². The van der Waals surface area contributed by atoms with Crippen molar-refractivity contribution in [3.05, 3.63) is 29.6 Å². The molecule has 0 aliphatic heterocycles. The summed E-state index contributed by atoms with van der Waals surface area (Å²) in [4.78, 5) is 14.3. The van der Waals surface area contributed by atoms with Crippen LogP contribution < -0.4 is 0 Å². The fourth-order valence-corrected chi connectivity index (χ4v) is 1.19. The molecule has 0 spiro atoms. The number of rotatable bonds is 6. The van der Waals surface area contributed by atoms with Crippen molar-refractivity contribution in [1.82, 2.24) is 4.98 Å². The third kappa shape index (κ3) is 5.62. The molecular weight excluding hydrogens is 251 g/mol. The maximum atomic E-state index is 11.8. The maximum absolute atomic E-state index is 11.8. The minimum atomic E-state index is -4.16. The second-order valence-electron chi connectivity index (χ2n) is 3.61. The molecule has 0 aliphatic carbocycles. The average Bonchev–Trinajstić information content (AvgIpc) is 2.27. The number of aromatic nitrogens is 1. The van der Waals surface area contributed by atoms with Gasteiger partial charge in [-0.25, -0.2) is 4.79 Å². The van der Waals surface area contributed by atoms with E-state index in [2.05, 4.69) is 4.98 Å². The lowest BCUT2D eigenvalue weighted by Gasteiger charge is -2.06. The number of carbonyl (C=O) groups is 1. The van der Waals surface area contributed by atoms with Gasteiger partial charge in [0.1, 0.15) is 0 Å². The fourth-order valence-electron chi connectivity index (χ4n) is 1.19. The minimum absolute atomic E-state index is 0.0120. The summed E-state index contributed by atoms with van der Waals surface area (Å²) in [5.41, 5.74) is 0.530. The lowest BCUT2D eigenvalue weighted by atomic mass is 10.2. The summed E-state index contributed by atoms with van der Waals surface area (Å²) < 4.78 is 40.4. The summed E-state index contributed by atoms with van der Waals surface area (Å²) in [5, 5.41) is 8.62. The Kier molecular flexibility index (Phi) is 5.08. The van der Waals surface area contributed by atoms with Crippen LogP contribution in [0.4, 0.5) is 13.2 Å². The van der Waals surface area contributed by atoms with Crippen LogP contribution >= 0.6 is 0 Å². The highest BCUT2D eigenvalue weighted by Crippen LogP contribution is 2.21. The summed E-state index contributed by atoms with van der Waals surface area (Å²) in [7, 11) is 0. The van der Waals surface area contributed by atoms with Crippen LogP contribution in [-0.4, -0.2) is 28.8 Å². The highest BCUT2D eigenvalue weighted by Gasteiger charge is 2.25. The zero-order valence-electron chi connectivity index (χ0n) is 9.41. The van der Waals surface area contributed by atoms with Crippen LogP contribution in [-0.2, 0) is 11.3 Å². The fraction of sp³-hybridized carbons (Fsp3) is 0.455. The molecule has 100 valence electrons. The Morgan fingerprint density at radius 1 is 1.39 bits per heavy atom. The number of ether oxygens (including phenoxy) is 1. The van der Waals surface area contributed by atoms with Crippen molar-refractivity contribution >= 4 is 5.97 Å². The zero-order chi connectivity index (χ0) is 13.6. The predicted molar refractivity (Wildman–Crippen MR) is 56.1 cm³/mol. The van der Waals surface area contributed by atoms with Gasteiger partial charge in [0.15, 0.2) is 0 Å². The topological polar surface area (TPSA) is 59.4 Å². The molecule has 1 heterocycles. The molecule has 0 fully saturated rings. The Bertz CT molecular complexity index is 390. The van der Waals surface area contributed by atoms with E-state index < -0.39 is 18.6 Å². The van der Waals surface area contributed by atoms with Crippen molar-refractivity contribution in [3.8, 4) is 0 Å². The number of carboxylic acid groups (broad SMARTS) is 1. The molecule has 1 aromatic heterocycles. The van der Waals surface area contributed by atoms with Gasteiger partial charge in [0, 0.05) is 19.2 Å². The number of carboxylic acids is 1. The molecule has 1 rings (SSSR count). The minimum Gasteiger partial charge on any atom is -0.478 e. The molecule has 18 heavy (non-hydrogen) atoms. The molecule has 0 aromatic carbocycles. The number of hydrogen-bond donors (Lipinski definition) is 1. The smallest absolute Gasteiger partial charge is 0.389 e. The monoisotopic (exact) mass is 263 g/mol. The first kappa shape index (κ1) is 14.4. The molecule has 0 atom stereocenters. The molecular formula is C11H12F3NO3. The van der Waals surface area contributed by atoms with E-state index in [9.17, 15) is 18.0 Å². The van der Waals surface area contributed by atoms with Gasteiger partial charge in [0.25, 0.3) is 0 Å². The quantitative estimate of drug-likeness (QED) is 0.801. The van der Waals surface area contributed by atoms with Crippen LogP contribution in [0.15, 0.2) is 18.3 Å². The lowest BCUT2D eigenvalue weighted by Crippen LogP contribution is -2.09. The zero-order valence-corrected chi connectivity index (χ0v) is 9.41. The van der Waals surface area contributed by atoms with Crippen molar-refractivity contribution in [2.24, 2.45) is 0 Å². The lowest BCUT2D eigenvalue weighted by molar-refractivity contribution is -0.138. The molecule has 0 bridgehead atoms. The van der Waals surface area contributed by atoms with Crippen LogP contribution in [0.5, 0.6) is 0 Å². The second kappa shape index (κ2) is 6.34. The van der Waals surface area contributed by atoms with E-state index in [1.807, 2.05) is 0 Å². The maximum Gasteiger partial charge on any atom is 0.389 e. The van der Waals surface area contributed by atoms with Gasteiger partial charge in [-0.2, -0.15) is 13.2 Å². The first-order valence-corrected chi connectivity index (χ1v) is 5.21. The van der Waals surface area contributed by atoms with Gasteiger partial charge in [-0.05, 0) is 18.6 Å². The second-order valence-corrected chi connectivity index (χ2v) is 3.61. The van der Waals surface area contributed by atoms with Crippen molar-refractivity contribution in [2.75, 3.05) is 6.61 Å². The van der Waals surface area contributed by atoms with E-state index in [0.29, 0.717) is 5.69 Å². The SMILES string of the molecule is O=C(O)c1ccc(COCCCC(F)(F)F)nc1. The number of hydrogen-bond acceptors (Lipinski definition) is 3. The molecule has 0 saturated carbocycles. The van der Waals surface area contributed by atoms with Crippen LogP contribution in [0.1, 0.15) is 28.9 Å². The van der Waals surface area contributed by atoms with E-state index in [1.165, 1.54) is 18.3 Å². The molecule has 1 N–H and O–H groups in total. The normalized spacial score (nSPS) is 11.5. The first-order chi connectivity index (χ1) is 8.38. The summed E-state index contributed by atoms with van der Waals surface area (Å²) in [5.74, 6) is -1.08. The molecule has 0 amide bonds. The largest absolute Gasteiger partial charge is 0.478 e. The van der Waals surface area contributed by atoms with Crippen molar-refractivity contribution in [3.63, 3.8) is 0 Å². The number of pyridine rings is 1. The number of nitrogens with zero attached hydrogens (tertiary/aromatic N) is 1. The van der Waals surface area contributed by atoms with E-state index in [0.717, 1.165) is 0 Å². The van der Waals surface area contributed by atoms with Crippen LogP contribution in [0.3, 0.4) is 0 Å². The Labute approximate surface area is 101 Å². The summed E-state index contributed by atoms with van der Waals surface area (Å²) in [6.07, 6.45) is -3.96. The summed E-state index contributed by atoms with van der Waals surface area (Å²) in [6.45, 7) is 0.0552. The Balaban J connectivity index is 2.25. The number of alkyl halides is 3. The van der Waals surface area contributed by atoms with Gasteiger partial charge in [0.2, 0.25) is 0 Å². The highest BCUT2D eigenvalue weighted by molar-refractivity contribution is 5.87. The molecule has 4 nitrogen and oxygen atoms in total. The molecule has 0 aliphatic rings. The number of aromatic carboxylic acids is 1. The number of halogens is 3. The standard InChI is InChI=1S/C11H12F3NO3/c12-11(13,14)4-1-5-18-7-9-3-2-8(6-15-9)10(16)17/h2-3,6H,1,4-5,7H2,(H,16,17). The molecule has 0 saturated heterocycles. The molecule has 7 heteroatoms. The van der Waals surface area contributed by atoms with E-state index >= 15 is 0 Å².